The summed E-state index contributed by atoms with van der Waals surface area (Å²) in [6.45, 7) is 4.04. The third-order valence-corrected chi connectivity index (χ3v) is 4.19. The zero-order chi connectivity index (χ0) is 15.4. The molecule has 4 heteroatoms. The maximum Gasteiger partial charge on any atom is 0.119 e. The first-order valence-corrected chi connectivity index (χ1v) is 7.99. The van der Waals surface area contributed by atoms with Gasteiger partial charge in [-0.05, 0) is 42.2 Å². The lowest BCUT2D eigenvalue weighted by Gasteiger charge is -2.23. The lowest BCUT2D eigenvalue weighted by Crippen LogP contribution is -2.34. The van der Waals surface area contributed by atoms with Crippen molar-refractivity contribution in [3.63, 3.8) is 0 Å². The number of rotatable bonds is 6. The predicted molar refractivity (Wildman–Crippen MR) is 96.9 cm³/mol. The summed E-state index contributed by atoms with van der Waals surface area (Å²) in [5.41, 5.74) is 3.90. The highest BCUT2D eigenvalue weighted by atomic mass is 35.5. The summed E-state index contributed by atoms with van der Waals surface area (Å²) in [6, 6.07) is 16.5. The number of β-amino-alcohol motifs (C(OH)–C–C–N with tert-alkyl or cyclic N) is 1. The van der Waals surface area contributed by atoms with E-state index in [2.05, 4.69) is 48.2 Å². The molecule has 0 aliphatic carbocycles. The number of aliphatic hydroxyl groups is 1. The van der Waals surface area contributed by atoms with Gasteiger partial charge in [0.25, 0.3) is 0 Å². The molecule has 1 atom stereocenters. The van der Waals surface area contributed by atoms with Crippen molar-refractivity contribution in [3.05, 3.63) is 59.7 Å². The van der Waals surface area contributed by atoms with Crippen molar-refractivity contribution in [1.82, 2.24) is 0 Å². The van der Waals surface area contributed by atoms with Gasteiger partial charge in [-0.1, -0.05) is 37.3 Å². The lowest BCUT2D eigenvalue weighted by atomic mass is 10.2. The smallest absolute Gasteiger partial charge is 0.119 e. The van der Waals surface area contributed by atoms with Gasteiger partial charge < -0.3 is 14.7 Å². The Morgan fingerprint density at radius 1 is 1.13 bits per heavy atom. The van der Waals surface area contributed by atoms with E-state index >= 15 is 0 Å². The Labute approximate surface area is 144 Å². The molecule has 0 fully saturated rings. The van der Waals surface area contributed by atoms with Crippen molar-refractivity contribution in [2.24, 2.45) is 0 Å². The quantitative estimate of drug-likeness (QED) is 0.878. The van der Waals surface area contributed by atoms with Crippen LogP contribution in [0.5, 0.6) is 5.75 Å². The van der Waals surface area contributed by atoms with Crippen LogP contribution in [0.15, 0.2) is 48.5 Å². The van der Waals surface area contributed by atoms with Crippen molar-refractivity contribution in [2.75, 3.05) is 24.6 Å². The molecule has 0 bridgehead atoms. The van der Waals surface area contributed by atoms with Crippen molar-refractivity contribution in [2.45, 2.75) is 25.9 Å². The Morgan fingerprint density at radius 2 is 1.87 bits per heavy atom. The largest absolute Gasteiger partial charge is 0.491 e. The molecule has 2 aromatic carbocycles. The topological polar surface area (TPSA) is 32.7 Å². The highest BCUT2D eigenvalue weighted by Gasteiger charge is 2.20. The van der Waals surface area contributed by atoms with Gasteiger partial charge in [-0.3, -0.25) is 0 Å². The van der Waals surface area contributed by atoms with Gasteiger partial charge in [0.05, 0.1) is 0 Å². The fourth-order valence-electron chi connectivity index (χ4n) is 2.92. The van der Waals surface area contributed by atoms with Gasteiger partial charge in [-0.25, -0.2) is 0 Å². The molecule has 3 nitrogen and oxygen atoms in total. The van der Waals surface area contributed by atoms with Gasteiger partial charge in [0.2, 0.25) is 0 Å². The van der Waals surface area contributed by atoms with Crippen LogP contribution in [0.4, 0.5) is 5.69 Å². The summed E-state index contributed by atoms with van der Waals surface area (Å²) < 4.78 is 5.69. The molecule has 1 heterocycles. The van der Waals surface area contributed by atoms with Crippen molar-refractivity contribution < 1.29 is 9.84 Å². The second-order valence-electron chi connectivity index (χ2n) is 5.79. The molecule has 124 valence electrons. The molecule has 1 aliphatic heterocycles. The number of ether oxygens (including phenoxy) is 1. The van der Waals surface area contributed by atoms with E-state index in [1.807, 2.05) is 12.1 Å². The molecular formula is C19H24ClNO2. The Kier molecular flexibility index (Phi) is 6.31. The fraction of sp³-hybridized carbons (Fsp3) is 0.368. The second-order valence-corrected chi connectivity index (χ2v) is 5.79. The number of hydrogen-bond donors (Lipinski definition) is 1. The van der Waals surface area contributed by atoms with Crippen LogP contribution in [0.3, 0.4) is 0 Å². The third kappa shape index (κ3) is 4.40. The number of aryl methyl sites for hydroxylation is 1. The van der Waals surface area contributed by atoms with Crippen molar-refractivity contribution in [3.8, 4) is 5.75 Å². The van der Waals surface area contributed by atoms with Crippen LogP contribution in [0, 0.1) is 0 Å². The van der Waals surface area contributed by atoms with E-state index in [0.717, 1.165) is 25.1 Å². The first-order chi connectivity index (χ1) is 10.8. The average Bonchev–Trinajstić information content (AvgIpc) is 2.97. The Balaban J connectivity index is 0.00000192. The fourth-order valence-corrected chi connectivity index (χ4v) is 2.92. The van der Waals surface area contributed by atoms with E-state index in [4.69, 9.17) is 4.74 Å². The Bertz CT molecular complexity index is 615. The van der Waals surface area contributed by atoms with Gasteiger partial charge in [0.1, 0.15) is 18.5 Å². The molecule has 23 heavy (non-hydrogen) atoms. The van der Waals surface area contributed by atoms with E-state index in [-0.39, 0.29) is 12.4 Å². The minimum absolute atomic E-state index is 0. The summed E-state index contributed by atoms with van der Waals surface area (Å²) >= 11 is 0. The van der Waals surface area contributed by atoms with Gasteiger partial charge in [0.15, 0.2) is 0 Å². The van der Waals surface area contributed by atoms with Crippen LogP contribution in [-0.2, 0) is 12.8 Å². The van der Waals surface area contributed by atoms with Crippen LogP contribution >= 0.6 is 12.4 Å². The zero-order valence-electron chi connectivity index (χ0n) is 13.4. The molecule has 0 spiro atoms. The maximum absolute atomic E-state index is 10.2. The molecule has 0 saturated carbocycles. The monoisotopic (exact) mass is 333 g/mol. The van der Waals surface area contributed by atoms with E-state index in [1.165, 1.54) is 16.8 Å². The van der Waals surface area contributed by atoms with E-state index < -0.39 is 6.10 Å². The number of para-hydroxylation sites is 1. The van der Waals surface area contributed by atoms with Gasteiger partial charge in [-0.2, -0.15) is 0 Å². The van der Waals surface area contributed by atoms with Crippen LogP contribution < -0.4 is 9.64 Å². The van der Waals surface area contributed by atoms with Crippen LogP contribution in [0.25, 0.3) is 0 Å². The molecule has 1 aliphatic rings. The zero-order valence-corrected chi connectivity index (χ0v) is 14.3. The number of benzene rings is 2. The number of fused-ring (bicyclic) bond motifs is 1. The lowest BCUT2D eigenvalue weighted by molar-refractivity contribution is 0.112. The van der Waals surface area contributed by atoms with Gasteiger partial charge >= 0.3 is 0 Å². The van der Waals surface area contributed by atoms with Crippen LogP contribution in [0.1, 0.15) is 18.1 Å². The summed E-state index contributed by atoms with van der Waals surface area (Å²) in [5.74, 6) is 0.818. The predicted octanol–water partition coefficient (Wildman–Crippen LogP) is 3.47. The Hall–Kier alpha value is -1.71. The second kappa shape index (κ2) is 8.23. The highest BCUT2D eigenvalue weighted by molar-refractivity contribution is 5.85. The molecule has 1 N–H and O–H groups in total. The van der Waals surface area contributed by atoms with E-state index in [0.29, 0.717) is 13.2 Å². The van der Waals surface area contributed by atoms with Crippen LogP contribution in [-0.4, -0.2) is 30.9 Å². The minimum Gasteiger partial charge on any atom is -0.491 e. The Morgan fingerprint density at radius 3 is 2.61 bits per heavy atom. The summed E-state index contributed by atoms with van der Waals surface area (Å²) in [6.07, 6.45) is 1.59. The molecule has 0 amide bonds. The first-order valence-electron chi connectivity index (χ1n) is 7.99. The maximum atomic E-state index is 10.2. The molecule has 0 saturated heterocycles. The molecule has 0 radical (unpaired) electrons. The van der Waals surface area contributed by atoms with Crippen molar-refractivity contribution >= 4 is 18.1 Å². The molecular weight excluding hydrogens is 310 g/mol. The number of hydrogen-bond acceptors (Lipinski definition) is 3. The van der Waals surface area contributed by atoms with E-state index in [1.54, 1.807) is 0 Å². The normalized spacial score (nSPS) is 14.1. The number of aliphatic hydroxyl groups excluding tert-OH is 1. The third-order valence-electron chi connectivity index (χ3n) is 4.19. The summed E-state index contributed by atoms with van der Waals surface area (Å²) in [5, 5.41) is 10.2. The van der Waals surface area contributed by atoms with Gasteiger partial charge in [-0.15, -0.1) is 12.4 Å². The average molecular weight is 334 g/mol. The molecule has 3 rings (SSSR count). The highest BCUT2D eigenvalue weighted by Crippen LogP contribution is 2.27. The van der Waals surface area contributed by atoms with Crippen molar-refractivity contribution in [1.29, 1.82) is 0 Å². The van der Waals surface area contributed by atoms with E-state index in [9.17, 15) is 5.11 Å². The van der Waals surface area contributed by atoms with Crippen LogP contribution in [0.2, 0.25) is 0 Å². The standard InChI is InChI=1S/C19H23NO2.ClH/c1-2-15-7-9-18(10-8-15)22-14-17(21)13-20-12-11-16-5-3-4-6-19(16)20;/h3-10,17,21H,2,11-14H2,1H3;1H. The van der Waals surface area contributed by atoms with Gasteiger partial charge in [0, 0.05) is 18.8 Å². The SMILES string of the molecule is CCc1ccc(OCC(O)CN2CCc3ccccc32)cc1.Cl. The molecule has 0 aromatic heterocycles. The first kappa shape index (κ1) is 17.6. The number of anilines is 1. The number of halogens is 1. The minimum atomic E-state index is -0.489. The number of nitrogens with zero attached hydrogens (tertiary/aromatic N) is 1. The molecule has 1 unspecified atom stereocenters. The summed E-state index contributed by atoms with van der Waals surface area (Å²) in [4.78, 5) is 2.24. The summed E-state index contributed by atoms with van der Waals surface area (Å²) in [7, 11) is 0. The molecule has 2 aromatic rings.